The van der Waals surface area contributed by atoms with Crippen LogP contribution in [0.5, 0.6) is 0 Å². The van der Waals surface area contributed by atoms with E-state index >= 15 is 0 Å². The summed E-state index contributed by atoms with van der Waals surface area (Å²) < 4.78 is 0. The van der Waals surface area contributed by atoms with Crippen molar-refractivity contribution < 1.29 is 4.79 Å². The molecule has 1 fully saturated rings. The van der Waals surface area contributed by atoms with Gasteiger partial charge in [-0.2, -0.15) is 0 Å². The van der Waals surface area contributed by atoms with Gasteiger partial charge in [0.2, 0.25) is 5.91 Å². The molecule has 0 spiro atoms. The van der Waals surface area contributed by atoms with Crippen LogP contribution in [-0.4, -0.2) is 30.4 Å². The molecule has 3 nitrogen and oxygen atoms in total. The van der Waals surface area contributed by atoms with Crippen molar-refractivity contribution in [2.75, 3.05) is 13.6 Å². The Hall–Kier alpha value is -1.35. The van der Waals surface area contributed by atoms with Gasteiger partial charge in [0, 0.05) is 19.6 Å². The summed E-state index contributed by atoms with van der Waals surface area (Å²) in [4.78, 5) is 13.7. The van der Waals surface area contributed by atoms with E-state index in [9.17, 15) is 4.79 Å². The molecule has 0 radical (unpaired) electrons. The maximum atomic E-state index is 11.9. The number of amides is 1. The van der Waals surface area contributed by atoms with Gasteiger partial charge in [-0.1, -0.05) is 12.1 Å². The topological polar surface area (TPSA) is 32.3 Å². The zero-order valence-electron chi connectivity index (χ0n) is 12.6. The Balaban J connectivity index is 2.14. The molecule has 1 N–H and O–H groups in total. The van der Waals surface area contributed by atoms with E-state index in [1.54, 1.807) is 4.90 Å². The first-order chi connectivity index (χ1) is 8.90. The number of carbonyl (C=O) groups excluding carboxylic acids is 1. The van der Waals surface area contributed by atoms with Crippen LogP contribution in [0.15, 0.2) is 12.1 Å². The number of aryl methyl sites for hydroxylation is 3. The number of carbonyl (C=O) groups is 1. The second-order valence-corrected chi connectivity index (χ2v) is 5.78. The van der Waals surface area contributed by atoms with E-state index in [1.807, 2.05) is 7.05 Å². The molecule has 19 heavy (non-hydrogen) atoms. The third-order valence-electron chi connectivity index (χ3n) is 4.23. The summed E-state index contributed by atoms with van der Waals surface area (Å²) in [5, 5.41) is 3.47. The minimum Gasteiger partial charge on any atom is -0.344 e. The lowest BCUT2D eigenvalue weighted by molar-refractivity contribution is -0.128. The Kier molecular flexibility index (Phi) is 3.95. The van der Waals surface area contributed by atoms with Crippen LogP contribution in [0.3, 0.4) is 0 Å². The summed E-state index contributed by atoms with van der Waals surface area (Å²) in [5.41, 5.74) is 5.22. The lowest BCUT2D eigenvalue weighted by Gasteiger charge is -2.21. The molecule has 1 aliphatic heterocycles. The zero-order valence-corrected chi connectivity index (χ0v) is 12.6. The fourth-order valence-corrected chi connectivity index (χ4v) is 2.82. The predicted octanol–water partition coefficient (Wildman–Crippen LogP) is 2.49. The minimum absolute atomic E-state index is 0.0268. The normalized spacial score (nSPS) is 21.0. The van der Waals surface area contributed by atoms with Crippen LogP contribution in [0.4, 0.5) is 0 Å². The van der Waals surface area contributed by atoms with Gasteiger partial charge in [-0.3, -0.25) is 10.1 Å². The van der Waals surface area contributed by atoms with Crippen molar-refractivity contribution in [3.05, 3.63) is 34.4 Å². The Morgan fingerprint density at radius 3 is 2.42 bits per heavy atom. The molecule has 1 heterocycles. The van der Waals surface area contributed by atoms with Gasteiger partial charge in [-0.15, -0.1) is 0 Å². The van der Waals surface area contributed by atoms with E-state index in [2.05, 4.69) is 45.1 Å². The highest BCUT2D eigenvalue weighted by atomic mass is 16.2. The van der Waals surface area contributed by atoms with Crippen LogP contribution in [0.1, 0.15) is 41.6 Å². The molecule has 1 saturated heterocycles. The third-order valence-corrected chi connectivity index (χ3v) is 4.23. The van der Waals surface area contributed by atoms with Crippen molar-refractivity contribution in [3.8, 4) is 0 Å². The molecule has 0 saturated carbocycles. The molecular formula is C16H24N2O. The van der Waals surface area contributed by atoms with E-state index in [0.29, 0.717) is 0 Å². The maximum Gasteiger partial charge on any atom is 0.239 e. The molecule has 104 valence electrons. The Bertz CT molecular complexity index is 496. The van der Waals surface area contributed by atoms with Gasteiger partial charge in [0.15, 0.2) is 0 Å². The van der Waals surface area contributed by atoms with E-state index in [0.717, 1.165) is 13.0 Å². The second kappa shape index (κ2) is 5.33. The van der Waals surface area contributed by atoms with Crippen LogP contribution in [0, 0.1) is 20.8 Å². The van der Waals surface area contributed by atoms with Crippen LogP contribution in [0.25, 0.3) is 0 Å². The SMILES string of the molecule is Cc1cc(C)c(C(C)NC2CCN(C)C2=O)cc1C. The molecule has 1 aromatic rings. The molecule has 1 aromatic carbocycles. The van der Waals surface area contributed by atoms with Crippen molar-refractivity contribution in [1.82, 2.24) is 10.2 Å². The largest absolute Gasteiger partial charge is 0.344 e. The summed E-state index contributed by atoms with van der Waals surface area (Å²) in [6, 6.07) is 4.65. The number of nitrogens with one attached hydrogen (secondary N) is 1. The summed E-state index contributed by atoms with van der Waals surface area (Å²) in [6.45, 7) is 9.42. The van der Waals surface area contributed by atoms with E-state index in [-0.39, 0.29) is 18.0 Å². The van der Waals surface area contributed by atoms with Crippen LogP contribution < -0.4 is 5.32 Å². The highest BCUT2D eigenvalue weighted by molar-refractivity contribution is 5.83. The van der Waals surface area contributed by atoms with Gasteiger partial charge in [-0.25, -0.2) is 0 Å². The minimum atomic E-state index is -0.0268. The fraction of sp³-hybridized carbons (Fsp3) is 0.562. The van der Waals surface area contributed by atoms with Crippen molar-refractivity contribution >= 4 is 5.91 Å². The number of likely N-dealkylation sites (N-methyl/N-ethyl adjacent to an activating group) is 1. The third kappa shape index (κ3) is 2.81. The van der Waals surface area contributed by atoms with Crippen LogP contribution >= 0.6 is 0 Å². The first kappa shape index (κ1) is 14.1. The number of benzene rings is 1. The van der Waals surface area contributed by atoms with Gasteiger partial charge in [0.05, 0.1) is 6.04 Å². The van der Waals surface area contributed by atoms with Crippen molar-refractivity contribution in [2.24, 2.45) is 0 Å². The molecule has 2 unspecified atom stereocenters. The molecule has 0 aliphatic carbocycles. The van der Waals surface area contributed by atoms with E-state index < -0.39 is 0 Å². The van der Waals surface area contributed by atoms with Gasteiger partial charge in [-0.05, 0) is 56.4 Å². The Morgan fingerprint density at radius 1 is 1.21 bits per heavy atom. The number of nitrogens with zero attached hydrogens (tertiary/aromatic N) is 1. The number of hydrogen-bond acceptors (Lipinski definition) is 2. The van der Waals surface area contributed by atoms with Gasteiger partial charge >= 0.3 is 0 Å². The average molecular weight is 260 g/mol. The fourth-order valence-electron chi connectivity index (χ4n) is 2.82. The first-order valence-electron chi connectivity index (χ1n) is 6.99. The molecule has 2 atom stereocenters. The highest BCUT2D eigenvalue weighted by Gasteiger charge is 2.30. The van der Waals surface area contributed by atoms with Gasteiger partial charge in [0.1, 0.15) is 0 Å². The molecule has 2 rings (SSSR count). The highest BCUT2D eigenvalue weighted by Crippen LogP contribution is 2.23. The molecule has 1 aliphatic rings. The molecule has 0 aromatic heterocycles. The van der Waals surface area contributed by atoms with E-state index in [4.69, 9.17) is 0 Å². The van der Waals surface area contributed by atoms with Gasteiger partial charge < -0.3 is 4.90 Å². The molecular weight excluding hydrogens is 236 g/mol. The summed E-state index contributed by atoms with van der Waals surface area (Å²) in [5.74, 6) is 0.216. The number of likely N-dealkylation sites (tertiary alicyclic amines) is 1. The summed E-state index contributed by atoms with van der Waals surface area (Å²) >= 11 is 0. The van der Waals surface area contributed by atoms with E-state index in [1.165, 1.54) is 22.3 Å². The Morgan fingerprint density at radius 2 is 1.84 bits per heavy atom. The predicted molar refractivity (Wildman–Crippen MR) is 78.2 cm³/mol. The number of hydrogen-bond donors (Lipinski definition) is 1. The summed E-state index contributed by atoms with van der Waals surface area (Å²) in [6.07, 6.45) is 0.906. The smallest absolute Gasteiger partial charge is 0.239 e. The lowest BCUT2D eigenvalue weighted by Crippen LogP contribution is -2.38. The van der Waals surface area contributed by atoms with Gasteiger partial charge in [0.25, 0.3) is 0 Å². The molecule has 1 amide bonds. The Labute approximate surface area is 116 Å². The molecule has 0 bridgehead atoms. The zero-order chi connectivity index (χ0) is 14.2. The number of rotatable bonds is 3. The maximum absolute atomic E-state index is 11.9. The van der Waals surface area contributed by atoms with Crippen molar-refractivity contribution in [3.63, 3.8) is 0 Å². The van der Waals surface area contributed by atoms with Crippen molar-refractivity contribution in [1.29, 1.82) is 0 Å². The quantitative estimate of drug-likeness (QED) is 0.905. The molecule has 3 heteroatoms. The van der Waals surface area contributed by atoms with Crippen LogP contribution in [0.2, 0.25) is 0 Å². The summed E-state index contributed by atoms with van der Waals surface area (Å²) in [7, 11) is 1.87. The standard InChI is InChI=1S/C16H24N2O/c1-10-8-12(3)14(9-11(10)2)13(4)17-15-6-7-18(5)16(15)19/h8-9,13,15,17H,6-7H2,1-5H3. The monoisotopic (exact) mass is 260 g/mol. The van der Waals surface area contributed by atoms with Crippen LogP contribution in [-0.2, 0) is 4.79 Å². The second-order valence-electron chi connectivity index (χ2n) is 5.78. The lowest BCUT2D eigenvalue weighted by atomic mass is 9.96. The average Bonchev–Trinajstić information content (AvgIpc) is 2.65. The first-order valence-corrected chi connectivity index (χ1v) is 6.99. The van der Waals surface area contributed by atoms with Crippen molar-refractivity contribution in [2.45, 2.75) is 46.2 Å².